The summed E-state index contributed by atoms with van der Waals surface area (Å²) in [6, 6.07) is 1.82. The van der Waals surface area contributed by atoms with E-state index in [-0.39, 0.29) is 5.92 Å². The summed E-state index contributed by atoms with van der Waals surface area (Å²) in [5.41, 5.74) is 7.12. The standard InChI is InChI=1S/C17H22N4O3/c1-9-3-14(24-20-9)17(23)6-11-4-10(5-12(11)7-17)15-13(8-22)16(18)21(2)19-15/h3,8,10-12,23H,4-7,18H2,1-2H3. The zero-order chi connectivity index (χ0) is 17.1. The van der Waals surface area contributed by atoms with E-state index in [1.54, 1.807) is 11.7 Å². The number of nitrogens with two attached hydrogens (primary N) is 1. The van der Waals surface area contributed by atoms with Crippen molar-refractivity contribution in [3.05, 3.63) is 28.8 Å². The molecule has 2 aliphatic carbocycles. The zero-order valence-corrected chi connectivity index (χ0v) is 13.9. The summed E-state index contributed by atoms with van der Waals surface area (Å²) in [6.07, 6.45) is 3.97. The van der Waals surface area contributed by atoms with Crippen LogP contribution in [0.5, 0.6) is 0 Å². The Hall–Kier alpha value is -2.15. The normalized spacial score (nSPS) is 32.2. The molecule has 3 N–H and O–H groups in total. The number of aromatic nitrogens is 3. The van der Waals surface area contributed by atoms with Gasteiger partial charge in [0.2, 0.25) is 0 Å². The molecular weight excluding hydrogens is 308 g/mol. The first-order valence-corrected chi connectivity index (χ1v) is 8.35. The summed E-state index contributed by atoms with van der Waals surface area (Å²) in [7, 11) is 1.76. The van der Waals surface area contributed by atoms with Crippen molar-refractivity contribution in [1.29, 1.82) is 0 Å². The molecule has 2 saturated carbocycles. The van der Waals surface area contributed by atoms with E-state index in [1.807, 2.05) is 13.0 Å². The topological polar surface area (TPSA) is 107 Å². The minimum atomic E-state index is -0.918. The molecule has 128 valence electrons. The third kappa shape index (κ3) is 2.18. The molecule has 2 heterocycles. The Balaban J connectivity index is 1.54. The summed E-state index contributed by atoms with van der Waals surface area (Å²) in [6.45, 7) is 1.86. The van der Waals surface area contributed by atoms with Gasteiger partial charge in [0.1, 0.15) is 11.4 Å². The number of rotatable bonds is 3. The molecule has 0 saturated heterocycles. The Morgan fingerprint density at radius 1 is 1.42 bits per heavy atom. The van der Waals surface area contributed by atoms with Gasteiger partial charge in [-0.05, 0) is 44.4 Å². The lowest BCUT2D eigenvalue weighted by Gasteiger charge is -2.21. The Kier molecular flexibility index (Phi) is 3.32. The maximum Gasteiger partial charge on any atom is 0.168 e. The number of carbonyl (C=O) groups is 1. The molecule has 2 fully saturated rings. The highest BCUT2D eigenvalue weighted by Gasteiger charge is 2.52. The maximum atomic E-state index is 11.4. The number of anilines is 1. The molecule has 2 aromatic rings. The van der Waals surface area contributed by atoms with E-state index in [0.29, 0.717) is 41.8 Å². The fraction of sp³-hybridized carbons (Fsp3) is 0.588. The average molecular weight is 330 g/mol. The number of carbonyl (C=O) groups excluding carboxylic acids is 1. The SMILES string of the molecule is Cc1cc(C2(O)CC3CC(c4nn(C)c(N)c4C=O)CC3C2)on1. The lowest BCUT2D eigenvalue weighted by molar-refractivity contribution is 0.00752. The molecule has 0 radical (unpaired) electrons. The predicted octanol–water partition coefficient (Wildman–Crippen LogP) is 1.90. The molecular formula is C17H22N4O3. The van der Waals surface area contributed by atoms with Gasteiger partial charge in [-0.15, -0.1) is 0 Å². The predicted molar refractivity (Wildman–Crippen MR) is 86.3 cm³/mol. The van der Waals surface area contributed by atoms with Gasteiger partial charge in [0.05, 0.1) is 17.0 Å². The Morgan fingerprint density at radius 3 is 2.62 bits per heavy atom. The maximum absolute atomic E-state index is 11.4. The monoisotopic (exact) mass is 330 g/mol. The second-order valence-electron chi connectivity index (χ2n) is 7.39. The number of fused-ring (bicyclic) bond motifs is 1. The molecule has 24 heavy (non-hydrogen) atoms. The summed E-state index contributed by atoms with van der Waals surface area (Å²) >= 11 is 0. The van der Waals surface area contributed by atoms with Crippen LogP contribution in [0.25, 0.3) is 0 Å². The molecule has 0 spiro atoms. The van der Waals surface area contributed by atoms with Crippen molar-refractivity contribution in [1.82, 2.24) is 14.9 Å². The molecule has 0 aromatic carbocycles. The van der Waals surface area contributed by atoms with E-state index in [4.69, 9.17) is 10.3 Å². The van der Waals surface area contributed by atoms with Crippen LogP contribution in [-0.2, 0) is 12.6 Å². The largest absolute Gasteiger partial charge is 0.383 e. The Morgan fingerprint density at radius 2 is 2.08 bits per heavy atom. The van der Waals surface area contributed by atoms with Gasteiger partial charge >= 0.3 is 0 Å². The number of aryl methyl sites for hydroxylation is 2. The number of nitrogens with zero attached hydrogens (tertiary/aromatic N) is 3. The quantitative estimate of drug-likeness (QED) is 0.832. The van der Waals surface area contributed by atoms with Crippen LogP contribution < -0.4 is 5.73 Å². The second-order valence-corrected chi connectivity index (χ2v) is 7.39. The van der Waals surface area contributed by atoms with Crippen molar-refractivity contribution in [2.75, 3.05) is 5.73 Å². The lowest BCUT2D eigenvalue weighted by atomic mass is 9.90. The molecule has 0 amide bonds. The first-order valence-electron chi connectivity index (χ1n) is 8.35. The number of nitrogen functional groups attached to an aromatic ring is 1. The summed E-state index contributed by atoms with van der Waals surface area (Å²) in [4.78, 5) is 11.4. The fourth-order valence-corrected chi connectivity index (χ4v) is 4.67. The van der Waals surface area contributed by atoms with Crippen LogP contribution in [0, 0.1) is 18.8 Å². The van der Waals surface area contributed by atoms with Crippen molar-refractivity contribution in [2.45, 2.75) is 44.1 Å². The van der Waals surface area contributed by atoms with E-state index >= 15 is 0 Å². The van der Waals surface area contributed by atoms with Crippen LogP contribution in [0.1, 0.15) is 59.1 Å². The molecule has 0 aliphatic heterocycles. The van der Waals surface area contributed by atoms with Crippen LogP contribution in [-0.4, -0.2) is 26.3 Å². The highest BCUT2D eigenvalue weighted by molar-refractivity contribution is 5.83. The molecule has 7 heteroatoms. The van der Waals surface area contributed by atoms with E-state index in [0.717, 1.165) is 30.5 Å². The van der Waals surface area contributed by atoms with Crippen molar-refractivity contribution in [2.24, 2.45) is 18.9 Å². The van der Waals surface area contributed by atoms with Gasteiger partial charge < -0.3 is 15.4 Å². The summed E-state index contributed by atoms with van der Waals surface area (Å²) < 4.78 is 6.88. The highest BCUT2D eigenvalue weighted by atomic mass is 16.5. The smallest absolute Gasteiger partial charge is 0.168 e. The zero-order valence-electron chi connectivity index (χ0n) is 13.9. The molecule has 7 nitrogen and oxygen atoms in total. The van der Waals surface area contributed by atoms with Crippen LogP contribution >= 0.6 is 0 Å². The summed E-state index contributed by atoms with van der Waals surface area (Å²) in [5.74, 6) is 2.01. The molecule has 4 rings (SSSR count). The van der Waals surface area contributed by atoms with Crippen molar-refractivity contribution in [3.63, 3.8) is 0 Å². The number of hydrogen-bond acceptors (Lipinski definition) is 6. The van der Waals surface area contributed by atoms with E-state index < -0.39 is 5.60 Å². The van der Waals surface area contributed by atoms with Gasteiger partial charge in [-0.1, -0.05) is 5.16 Å². The van der Waals surface area contributed by atoms with Crippen molar-refractivity contribution in [3.8, 4) is 0 Å². The highest BCUT2D eigenvalue weighted by Crippen LogP contribution is 2.56. The van der Waals surface area contributed by atoms with Crippen LogP contribution in [0.15, 0.2) is 10.6 Å². The minimum Gasteiger partial charge on any atom is -0.383 e. The van der Waals surface area contributed by atoms with Gasteiger partial charge in [0, 0.05) is 19.0 Å². The average Bonchev–Trinajstić information content (AvgIpc) is 3.24. The molecule has 2 aromatic heterocycles. The number of hydrogen-bond donors (Lipinski definition) is 2. The first-order chi connectivity index (χ1) is 11.4. The van der Waals surface area contributed by atoms with E-state index in [1.165, 1.54) is 0 Å². The van der Waals surface area contributed by atoms with Gasteiger partial charge in [0.15, 0.2) is 12.0 Å². The van der Waals surface area contributed by atoms with Crippen LogP contribution in [0.3, 0.4) is 0 Å². The minimum absolute atomic E-state index is 0.227. The number of aldehydes is 1. The van der Waals surface area contributed by atoms with Gasteiger partial charge in [-0.25, -0.2) is 0 Å². The summed E-state index contributed by atoms with van der Waals surface area (Å²) in [5, 5.41) is 19.3. The van der Waals surface area contributed by atoms with Crippen LogP contribution in [0.2, 0.25) is 0 Å². The lowest BCUT2D eigenvalue weighted by Crippen LogP contribution is -2.22. The number of aliphatic hydroxyl groups is 1. The third-order valence-corrected chi connectivity index (χ3v) is 5.79. The molecule has 2 atom stereocenters. The molecule has 2 aliphatic rings. The first kappa shape index (κ1) is 15.4. The van der Waals surface area contributed by atoms with Crippen molar-refractivity contribution < 1.29 is 14.4 Å². The molecule has 0 bridgehead atoms. The van der Waals surface area contributed by atoms with E-state index in [9.17, 15) is 9.90 Å². The van der Waals surface area contributed by atoms with Gasteiger partial charge in [-0.3, -0.25) is 9.48 Å². The Labute approximate surface area is 139 Å². The van der Waals surface area contributed by atoms with Crippen molar-refractivity contribution >= 4 is 12.1 Å². The fourth-order valence-electron chi connectivity index (χ4n) is 4.67. The van der Waals surface area contributed by atoms with E-state index in [2.05, 4.69) is 10.3 Å². The Bertz CT molecular complexity index is 780. The van der Waals surface area contributed by atoms with Gasteiger partial charge in [-0.2, -0.15) is 5.10 Å². The second kappa shape index (κ2) is 5.17. The third-order valence-electron chi connectivity index (χ3n) is 5.79. The molecule has 2 unspecified atom stereocenters. The van der Waals surface area contributed by atoms with Gasteiger partial charge in [0.25, 0.3) is 0 Å². The van der Waals surface area contributed by atoms with Crippen LogP contribution in [0.4, 0.5) is 5.82 Å².